The number of ether oxygens (including phenoxy) is 1. The summed E-state index contributed by atoms with van der Waals surface area (Å²) in [5.41, 5.74) is -0.235. The lowest BCUT2D eigenvalue weighted by Gasteiger charge is -2.34. The minimum atomic E-state index is -0.573. The van der Waals surface area contributed by atoms with Gasteiger partial charge in [0.2, 0.25) is 0 Å². The summed E-state index contributed by atoms with van der Waals surface area (Å²) in [7, 11) is 0. The van der Waals surface area contributed by atoms with E-state index >= 15 is 0 Å². The highest BCUT2D eigenvalue weighted by Gasteiger charge is 2.26. The third kappa shape index (κ3) is 4.10. The largest absolute Gasteiger partial charge is 0.477 e. The highest BCUT2D eigenvalue weighted by molar-refractivity contribution is 6.30. The van der Waals surface area contributed by atoms with Gasteiger partial charge in [0.05, 0.1) is 4.92 Å². The van der Waals surface area contributed by atoms with Gasteiger partial charge in [0.1, 0.15) is 0 Å². The topological polar surface area (TPSA) is 72.7 Å². The average molecular weight is 327 g/mol. The molecule has 2 unspecified atom stereocenters. The van der Waals surface area contributed by atoms with Crippen molar-refractivity contribution < 1.29 is 14.5 Å². The van der Waals surface area contributed by atoms with Crippen LogP contribution in [0.1, 0.15) is 20.3 Å². The summed E-state index contributed by atoms with van der Waals surface area (Å²) in [6.45, 7) is 5.42. The van der Waals surface area contributed by atoms with Gasteiger partial charge in [-0.1, -0.05) is 25.4 Å². The zero-order chi connectivity index (χ0) is 16.3. The first kappa shape index (κ1) is 16.5. The second kappa shape index (κ2) is 6.96. The number of carbonyl (C=O) groups is 1. The van der Waals surface area contributed by atoms with Gasteiger partial charge in [-0.15, -0.1) is 0 Å². The SMILES string of the molecule is CC1CC(C)CN(C(=O)COc2ccc(Cl)cc2[N+](=O)[O-])C1. The predicted molar refractivity (Wildman–Crippen MR) is 83.1 cm³/mol. The van der Waals surface area contributed by atoms with Crippen molar-refractivity contribution in [1.82, 2.24) is 4.90 Å². The zero-order valence-electron chi connectivity index (χ0n) is 12.6. The molecule has 0 radical (unpaired) electrons. The summed E-state index contributed by atoms with van der Waals surface area (Å²) < 4.78 is 5.35. The second-order valence-corrected chi connectivity index (χ2v) is 6.34. The summed E-state index contributed by atoms with van der Waals surface area (Å²) in [4.78, 5) is 24.4. The Labute approximate surface area is 134 Å². The Morgan fingerprint density at radius 1 is 1.41 bits per heavy atom. The lowest BCUT2D eigenvalue weighted by molar-refractivity contribution is -0.385. The molecule has 1 aliphatic rings. The van der Waals surface area contributed by atoms with Crippen LogP contribution < -0.4 is 4.74 Å². The number of likely N-dealkylation sites (tertiary alicyclic amines) is 1. The molecule has 0 N–H and O–H groups in total. The second-order valence-electron chi connectivity index (χ2n) is 5.90. The van der Waals surface area contributed by atoms with Gasteiger partial charge >= 0.3 is 5.69 Å². The molecule has 1 fully saturated rings. The number of carbonyl (C=O) groups excluding carboxylic acids is 1. The van der Waals surface area contributed by atoms with Crippen LogP contribution in [0.2, 0.25) is 5.02 Å². The molecule has 7 heteroatoms. The molecule has 0 aromatic heterocycles. The first-order chi connectivity index (χ1) is 10.4. The van der Waals surface area contributed by atoms with Gasteiger partial charge in [0.15, 0.2) is 12.4 Å². The van der Waals surface area contributed by atoms with Crippen LogP contribution in [-0.4, -0.2) is 35.4 Å². The first-order valence-electron chi connectivity index (χ1n) is 7.21. The Balaban J connectivity index is 2.01. The van der Waals surface area contributed by atoms with Crippen molar-refractivity contribution in [3.05, 3.63) is 33.3 Å². The lowest BCUT2D eigenvalue weighted by Crippen LogP contribution is -2.44. The predicted octanol–water partition coefficient (Wildman–Crippen LogP) is 3.13. The van der Waals surface area contributed by atoms with Crippen LogP contribution in [-0.2, 0) is 4.79 Å². The number of amides is 1. The standard InChI is InChI=1S/C15H19ClN2O4/c1-10-5-11(2)8-17(7-10)15(19)9-22-14-4-3-12(16)6-13(14)18(20)21/h3-4,6,10-11H,5,7-9H2,1-2H3. The average Bonchev–Trinajstić information content (AvgIpc) is 2.44. The molecule has 0 bridgehead atoms. The molecule has 2 atom stereocenters. The molecule has 22 heavy (non-hydrogen) atoms. The van der Waals surface area contributed by atoms with Gasteiger partial charge < -0.3 is 9.64 Å². The van der Waals surface area contributed by atoms with Crippen LogP contribution >= 0.6 is 11.6 Å². The molecule has 1 aromatic carbocycles. The van der Waals surface area contributed by atoms with E-state index in [1.54, 1.807) is 4.90 Å². The molecule has 1 heterocycles. The van der Waals surface area contributed by atoms with Crippen LogP contribution in [0.3, 0.4) is 0 Å². The summed E-state index contributed by atoms with van der Waals surface area (Å²) in [5.74, 6) is 0.818. The number of hydrogen-bond acceptors (Lipinski definition) is 4. The van der Waals surface area contributed by atoms with E-state index in [0.29, 0.717) is 24.9 Å². The van der Waals surface area contributed by atoms with Crippen molar-refractivity contribution in [3.63, 3.8) is 0 Å². The fourth-order valence-corrected chi connectivity index (χ4v) is 3.02. The Hall–Kier alpha value is -1.82. The van der Waals surface area contributed by atoms with Crippen molar-refractivity contribution in [2.45, 2.75) is 20.3 Å². The van der Waals surface area contributed by atoms with Crippen LogP contribution in [0.5, 0.6) is 5.75 Å². The quantitative estimate of drug-likeness (QED) is 0.629. The molecular weight excluding hydrogens is 308 g/mol. The molecule has 1 aromatic rings. The Morgan fingerprint density at radius 2 is 2.05 bits per heavy atom. The Kier molecular flexibility index (Phi) is 5.24. The monoisotopic (exact) mass is 326 g/mol. The molecule has 2 rings (SSSR count). The molecule has 1 amide bonds. The third-order valence-corrected chi connectivity index (χ3v) is 3.93. The van der Waals surface area contributed by atoms with Gasteiger partial charge in [0, 0.05) is 24.2 Å². The number of nitro groups is 1. The van der Waals surface area contributed by atoms with Crippen molar-refractivity contribution >= 4 is 23.2 Å². The summed E-state index contributed by atoms with van der Waals surface area (Å²) in [5, 5.41) is 11.2. The van der Waals surface area contributed by atoms with Crippen molar-refractivity contribution in [2.24, 2.45) is 11.8 Å². The number of nitro benzene ring substituents is 1. The van der Waals surface area contributed by atoms with Gasteiger partial charge in [0.25, 0.3) is 5.91 Å². The van der Waals surface area contributed by atoms with Crippen LogP contribution in [0.25, 0.3) is 0 Å². The third-order valence-electron chi connectivity index (χ3n) is 3.69. The molecule has 0 aliphatic carbocycles. The molecule has 0 saturated carbocycles. The van der Waals surface area contributed by atoms with Gasteiger partial charge in [-0.2, -0.15) is 0 Å². The summed E-state index contributed by atoms with van der Waals surface area (Å²) in [6.07, 6.45) is 1.10. The van der Waals surface area contributed by atoms with E-state index in [9.17, 15) is 14.9 Å². The van der Waals surface area contributed by atoms with Gasteiger partial charge in [-0.3, -0.25) is 14.9 Å². The van der Waals surface area contributed by atoms with E-state index in [0.717, 1.165) is 6.42 Å². The van der Waals surface area contributed by atoms with E-state index in [4.69, 9.17) is 16.3 Å². The van der Waals surface area contributed by atoms with Crippen LogP contribution in [0.4, 0.5) is 5.69 Å². The summed E-state index contributed by atoms with van der Waals surface area (Å²) >= 11 is 5.74. The van der Waals surface area contributed by atoms with E-state index in [1.807, 2.05) is 0 Å². The number of hydrogen-bond donors (Lipinski definition) is 0. The van der Waals surface area contributed by atoms with E-state index in [-0.39, 0.29) is 29.0 Å². The molecule has 6 nitrogen and oxygen atoms in total. The smallest absolute Gasteiger partial charge is 0.312 e. The Morgan fingerprint density at radius 3 is 2.64 bits per heavy atom. The maximum absolute atomic E-state index is 12.2. The summed E-state index contributed by atoms with van der Waals surface area (Å²) in [6, 6.07) is 4.13. The number of nitrogens with zero attached hydrogens (tertiary/aromatic N) is 2. The van der Waals surface area contributed by atoms with E-state index in [1.165, 1.54) is 18.2 Å². The van der Waals surface area contributed by atoms with Crippen LogP contribution in [0, 0.1) is 22.0 Å². The van der Waals surface area contributed by atoms with Gasteiger partial charge in [-0.25, -0.2) is 0 Å². The Bertz CT molecular complexity index is 569. The van der Waals surface area contributed by atoms with E-state index < -0.39 is 4.92 Å². The first-order valence-corrected chi connectivity index (χ1v) is 7.59. The highest BCUT2D eigenvalue weighted by atomic mass is 35.5. The fourth-order valence-electron chi connectivity index (χ4n) is 2.85. The van der Waals surface area contributed by atoms with E-state index in [2.05, 4.69) is 13.8 Å². The minimum Gasteiger partial charge on any atom is -0.477 e. The number of piperidine rings is 1. The minimum absolute atomic E-state index is 0.0563. The number of benzene rings is 1. The van der Waals surface area contributed by atoms with Gasteiger partial charge in [-0.05, 0) is 30.4 Å². The fraction of sp³-hybridized carbons (Fsp3) is 0.533. The molecule has 0 spiro atoms. The maximum Gasteiger partial charge on any atom is 0.312 e. The van der Waals surface area contributed by atoms with Crippen molar-refractivity contribution in [2.75, 3.05) is 19.7 Å². The maximum atomic E-state index is 12.2. The van der Waals surface area contributed by atoms with Crippen LogP contribution in [0.15, 0.2) is 18.2 Å². The lowest BCUT2D eigenvalue weighted by atomic mass is 9.92. The van der Waals surface area contributed by atoms with Crippen molar-refractivity contribution in [3.8, 4) is 5.75 Å². The normalized spacial score (nSPS) is 21.5. The van der Waals surface area contributed by atoms with Crippen molar-refractivity contribution in [1.29, 1.82) is 0 Å². The number of halogens is 1. The zero-order valence-corrected chi connectivity index (χ0v) is 13.4. The molecule has 1 aliphatic heterocycles. The molecule has 1 saturated heterocycles. The molecule has 120 valence electrons. The molecular formula is C15H19ClN2O4. The highest BCUT2D eigenvalue weighted by Crippen LogP contribution is 2.30. The number of rotatable bonds is 4.